The van der Waals surface area contributed by atoms with Crippen LogP contribution in [0, 0.1) is 0 Å². The third-order valence-corrected chi connectivity index (χ3v) is 6.95. The van der Waals surface area contributed by atoms with E-state index in [-0.39, 0.29) is 17.3 Å². The Morgan fingerprint density at radius 1 is 0.871 bits per heavy atom. The Bertz CT molecular complexity index is 1130. The zero-order valence-electron chi connectivity index (χ0n) is 17.1. The van der Waals surface area contributed by atoms with Gasteiger partial charge in [0, 0.05) is 18.7 Å². The summed E-state index contributed by atoms with van der Waals surface area (Å²) in [4.78, 5) is 14.6. The van der Waals surface area contributed by atoms with E-state index in [2.05, 4.69) is 0 Å². The van der Waals surface area contributed by atoms with Crippen LogP contribution in [0.1, 0.15) is 15.9 Å². The molecule has 0 spiro atoms. The van der Waals surface area contributed by atoms with Crippen molar-refractivity contribution in [2.45, 2.75) is 11.4 Å². The Kier molecular flexibility index (Phi) is 6.34. The lowest BCUT2D eigenvalue weighted by atomic mass is 10.2. The number of hydrogen-bond donors (Lipinski definition) is 0. The minimum Gasteiger partial charge on any atom is -0.378 e. The van der Waals surface area contributed by atoms with Gasteiger partial charge in [0.25, 0.3) is 15.9 Å². The second-order valence-electron chi connectivity index (χ2n) is 7.27. The molecule has 0 aromatic heterocycles. The predicted molar refractivity (Wildman–Crippen MR) is 119 cm³/mol. The molecule has 4 rings (SSSR count). The van der Waals surface area contributed by atoms with Crippen molar-refractivity contribution >= 4 is 21.6 Å². The Balaban J connectivity index is 1.69. The maximum Gasteiger partial charge on any atom is 0.264 e. The Labute approximate surface area is 182 Å². The van der Waals surface area contributed by atoms with Gasteiger partial charge in [-0.05, 0) is 35.9 Å². The molecular weight excluding hydrogens is 412 g/mol. The molecule has 160 valence electrons. The minimum absolute atomic E-state index is 0.0893. The lowest BCUT2D eigenvalue weighted by Gasteiger charge is -2.27. The van der Waals surface area contributed by atoms with E-state index < -0.39 is 10.0 Å². The van der Waals surface area contributed by atoms with Gasteiger partial charge < -0.3 is 9.64 Å². The molecule has 1 aliphatic heterocycles. The van der Waals surface area contributed by atoms with Gasteiger partial charge in [0.1, 0.15) is 0 Å². The number of hydrogen-bond acceptors (Lipinski definition) is 4. The SMILES string of the molecule is O=C(c1cccc(S(=O)(=O)N(Cc2ccccc2)c2ccccc2)c1)N1CCOCC1. The zero-order valence-corrected chi connectivity index (χ0v) is 17.9. The van der Waals surface area contributed by atoms with Gasteiger partial charge in [-0.25, -0.2) is 8.42 Å². The molecule has 0 N–H and O–H groups in total. The summed E-state index contributed by atoms with van der Waals surface area (Å²) in [6.45, 7) is 2.17. The molecule has 0 radical (unpaired) electrons. The van der Waals surface area contributed by atoms with Crippen molar-refractivity contribution in [1.29, 1.82) is 0 Å². The van der Waals surface area contributed by atoms with Crippen molar-refractivity contribution in [3.8, 4) is 0 Å². The van der Waals surface area contributed by atoms with E-state index in [1.54, 1.807) is 41.3 Å². The molecular formula is C24H24N2O4S. The third kappa shape index (κ3) is 4.78. The van der Waals surface area contributed by atoms with Crippen LogP contribution in [0.4, 0.5) is 5.69 Å². The molecule has 0 saturated carbocycles. The van der Waals surface area contributed by atoms with E-state index in [0.717, 1.165) is 5.56 Å². The van der Waals surface area contributed by atoms with Crippen LogP contribution in [0.3, 0.4) is 0 Å². The average molecular weight is 437 g/mol. The van der Waals surface area contributed by atoms with Gasteiger partial charge in [0.2, 0.25) is 0 Å². The number of morpholine rings is 1. The van der Waals surface area contributed by atoms with Crippen molar-refractivity contribution in [2.75, 3.05) is 30.6 Å². The Hall–Kier alpha value is -3.16. The van der Waals surface area contributed by atoms with Gasteiger partial charge in [0.05, 0.1) is 30.3 Å². The molecule has 0 unspecified atom stereocenters. The normalized spacial score (nSPS) is 14.3. The molecule has 0 bridgehead atoms. The molecule has 7 heteroatoms. The summed E-state index contributed by atoms with van der Waals surface area (Å²) in [7, 11) is -3.90. The maximum atomic E-state index is 13.7. The smallest absolute Gasteiger partial charge is 0.264 e. The second kappa shape index (κ2) is 9.32. The van der Waals surface area contributed by atoms with Crippen LogP contribution in [-0.2, 0) is 21.3 Å². The first kappa shape index (κ1) is 21.1. The first-order valence-corrected chi connectivity index (χ1v) is 11.6. The molecule has 6 nitrogen and oxygen atoms in total. The summed E-state index contributed by atoms with van der Waals surface area (Å²) in [6.07, 6.45) is 0. The number of nitrogens with zero attached hydrogens (tertiary/aromatic N) is 2. The standard InChI is InChI=1S/C24H24N2O4S/c27-24(25-14-16-30-17-15-25)21-10-7-13-23(18-21)31(28,29)26(22-11-5-2-6-12-22)19-20-8-3-1-4-9-20/h1-13,18H,14-17,19H2. The first-order valence-electron chi connectivity index (χ1n) is 10.1. The van der Waals surface area contributed by atoms with E-state index in [1.807, 2.05) is 36.4 Å². The van der Waals surface area contributed by atoms with E-state index in [0.29, 0.717) is 37.6 Å². The molecule has 1 aliphatic rings. The zero-order chi connectivity index (χ0) is 21.7. The largest absolute Gasteiger partial charge is 0.378 e. The van der Waals surface area contributed by atoms with Gasteiger partial charge in [0.15, 0.2) is 0 Å². The fourth-order valence-electron chi connectivity index (χ4n) is 3.52. The van der Waals surface area contributed by atoms with Crippen LogP contribution in [0.15, 0.2) is 89.8 Å². The lowest BCUT2D eigenvalue weighted by Crippen LogP contribution is -2.40. The van der Waals surface area contributed by atoms with Gasteiger partial charge in [-0.1, -0.05) is 54.6 Å². The monoisotopic (exact) mass is 436 g/mol. The summed E-state index contributed by atoms with van der Waals surface area (Å²) in [5, 5.41) is 0. The number of ether oxygens (including phenoxy) is 1. The molecule has 3 aromatic rings. The van der Waals surface area contributed by atoms with Crippen LogP contribution in [0.25, 0.3) is 0 Å². The molecule has 1 saturated heterocycles. The molecule has 31 heavy (non-hydrogen) atoms. The number of sulfonamides is 1. The quantitative estimate of drug-likeness (QED) is 0.593. The average Bonchev–Trinajstić information content (AvgIpc) is 2.84. The highest BCUT2D eigenvalue weighted by Crippen LogP contribution is 2.26. The number of rotatable bonds is 6. The number of para-hydroxylation sites is 1. The summed E-state index contributed by atoms with van der Waals surface area (Å²) in [6, 6.07) is 24.7. The molecule has 3 aromatic carbocycles. The third-order valence-electron chi connectivity index (χ3n) is 5.18. The number of carbonyl (C=O) groups excluding carboxylic acids is 1. The Morgan fingerprint density at radius 2 is 1.52 bits per heavy atom. The van der Waals surface area contributed by atoms with Gasteiger partial charge in [-0.2, -0.15) is 0 Å². The summed E-state index contributed by atoms with van der Waals surface area (Å²) in [5.74, 6) is -0.185. The summed E-state index contributed by atoms with van der Waals surface area (Å²) >= 11 is 0. The topological polar surface area (TPSA) is 66.9 Å². The van der Waals surface area contributed by atoms with E-state index >= 15 is 0 Å². The minimum atomic E-state index is -3.90. The Morgan fingerprint density at radius 3 is 2.19 bits per heavy atom. The van der Waals surface area contributed by atoms with Crippen molar-refractivity contribution in [3.05, 3.63) is 96.1 Å². The van der Waals surface area contributed by atoms with Crippen molar-refractivity contribution in [1.82, 2.24) is 4.90 Å². The van der Waals surface area contributed by atoms with E-state index in [4.69, 9.17) is 4.74 Å². The van der Waals surface area contributed by atoms with E-state index in [9.17, 15) is 13.2 Å². The number of anilines is 1. The maximum absolute atomic E-state index is 13.7. The highest BCUT2D eigenvalue weighted by atomic mass is 32.2. The number of amides is 1. The van der Waals surface area contributed by atoms with Crippen molar-refractivity contribution in [3.63, 3.8) is 0 Å². The first-order chi connectivity index (χ1) is 15.1. The van der Waals surface area contributed by atoms with Crippen molar-refractivity contribution in [2.24, 2.45) is 0 Å². The van der Waals surface area contributed by atoms with Gasteiger partial charge >= 0.3 is 0 Å². The highest BCUT2D eigenvalue weighted by molar-refractivity contribution is 7.92. The van der Waals surface area contributed by atoms with E-state index in [1.165, 1.54) is 16.4 Å². The fourth-order valence-corrected chi connectivity index (χ4v) is 5.02. The molecule has 0 atom stereocenters. The van der Waals surface area contributed by atoms with Crippen LogP contribution in [-0.4, -0.2) is 45.5 Å². The highest BCUT2D eigenvalue weighted by Gasteiger charge is 2.27. The predicted octanol–water partition coefficient (Wildman–Crippen LogP) is 3.55. The molecule has 1 fully saturated rings. The van der Waals surface area contributed by atoms with Crippen molar-refractivity contribution < 1.29 is 17.9 Å². The molecule has 1 heterocycles. The number of carbonyl (C=O) groups is 1. The van der Waals surface area contributed by atoms with Gasteiger partial charge in [-0.15, -0.1) is 0 Å². The number of benzene rings is 3. The van der Waals surface area contributed by atoms with Crippen LogP contribution >= 0.6 is 0 Å². The van der Waals surface area contributed by atoms with Crippen LogP contribution in [0.2, 0.25) is 0 Å². The lowest BCUT2D eigenvalue weighted by molar-refractivity contribution is 0.0302. The fraction of sp³-hybridized carbons (Fsp3) is 0.208. The second-order valence-corrected chi connectivity index (χ2v) is 9.13. The summed E-state index contributed by atoms with van der Waals surface area (Å²) < 4.78 is 34.0. The molecule has 0 aliphatic carbocycles. The van der Waals surface area contributed by atoms with Crippen LogP contribution in [0.5, 0.6) is 0 Å². The molecule has 1 amide bonds. The van der Waals surface area contributed by atoms with Crippen LogP contribution < -0.4 is 4.31 Å². The van der Waals surface area contributed by atoms with Gasteiger partial charge in [-0.3, -0.25) is 9.10 Å². The summed E-state index contributed by atoms with van der Waals surface area (Å²) in [5.41, 5.74) is 1.79.